The molecule has 4 bridgehead atoms. The Hall–Kier alpha value is -2.63. The van der Waals surface area contributed by atoms with Gasteiger partial charge >= 0.3 is 5.97 Å². The summed E-state index contributed by atoms with van der Waals surface area (Å²) in [6.07, 6.45) is 8.80. The molecule has 30 heavy (non-hydrogen) atoms. The first-order chi connectivity index (χ1) is 14.6. The number of anilines is 1. The van der Waals surface area contributed by atoms with E-state index in [9.17, 15) is 9.59 Å². The van der Waals surface area contributed by atoms with Crippen molar-refractivity contribution >= 4 is 17.6 Å². The summed E-state index contributed by atoms with van der Waals surface area (Å²) in [4.78, 5) is 32.8. The van der Waals surface area contributed by atoms with Crippen LogP contribution in [0.3, 0.4) is 0 Å². The van der Waals surface area contributed by atoms with E-state index >= 15 is 0 Å². The first-order valence-electron chi connectivity index (χ1n) is 11.2. The number of esters is 1. The number of hydrogen-bond acceptors (Lipinski definition) is 4. The molecule has 0 spiro atoms. The fourth-order valence-electron chi connectivity index (χ4n) is 7.00. The minimum atomic E-state index is -0.421. The summed E-state index contributed by atoms with van der Waals surface area (Å²) in [6, 6.07) is 7.95. The Morgan fingerprint density at radius 1 is 1.07 bits per heavy atom. The number of ether oxygens (including phenoxy) is 1. The molecular weight excluding hydrogens is 378 g/mol. The Balaban J connectivity index is 1.38. The standard InChI is InChI=1S/C24H27N3O3/c1-2-30-22(28)18-13-26-19-5-3-4-6-20(19)27(14-21(26)25-18)23(29)24-10-15-7-16(11-24)9-17(8-15)12-24/h3-6,13,15-17H,2,7-12,14H2,1H3. The highest BCUT2D eigenvalue weighted by molar-refractivity contribution is 6.00. The molecular formula is C24H27N3O3. The zero-order chi connectivity index (χ0) is 20.5. The molecule has 0 atom stereocenters. The van der Waals surface area contributed by atoms with Gasteiger partial charge in [0.1, 0.15) is 5.82 Å². The van der Waals surface area contributed by atoms with Gasteiger partial charge in [0.05, 0.1) is 29.9 Å². The summed E-state index contributed by atoms with van der Waals surface area (Å²) in [6.45, 7) is 2.50. The van der Waals surface area contributed by atoms with Crippen LogP contribution < -0.4 is 4.90 Å². The van der Waals surface area contributed by atoms with Crippen LogP contribution in [0.1, 0.15) is 61.8 Å². The molecule has 1 amide bonds. The highest BCUT2D eigenvalue weighted by atomic mass is 16.5. The van der Waals surface area contributed by atoms with E-state index in [1.807, 2.05) is 33.7 Å². The Kier molecular flexibility index (Phi) is 3.89. The van der Waals surface area contributed by atoms with Crippen molar-refractivity contribution in [3.8, 4) is 5.69 Å². The molecule has 0 saturated heterocycles. The van der Waals surface area contributed by atoms with E-state index in [0.717, 1.165) is 54.2 Å². The SMILES string of the molecule is CCOC(=O)c1cn2c(n1)CN(C(=O)C13CC4CC(CC(C4)C1)C3)c1ccccc1-2. The number of aromatic nitrogens is 2. The molecule has 0 radical (unpaired) electrons. The molecule has 4 fully saturated rings. The zero-order valence-electron chi connectivity index (χ0n) is 17.3. The first-order valence-corrected chi connectivity index (χ1v) is 11.2. The normalized spacial score (nSPS) is 30.7. The first kappa shape index (κ1) is 18.2. The maximum atomic E-state index is 14.1. The number of hydrogen-bond donors (Lipinski definition) is 0. The van der Waals surface area contributed by atoms with Gasteiger partial charge in [-0.2, -0.15) is 0 Å². The molecule has 2 aromatic rings. The fourth-order valence-corrected chi connectivity index (χ4v) is 7.00. The summed E-state index contributed by atoms with van der Waals surface area (Å²) in [5.41, 5.74) is 1.91. The predicted molar refractivity (Wildman–Crippen MR) is 111 cm³/mol. The second kappa shape index (κ2) is 6.43. The van der Waals surface area contributed by atoms with Gasteiger partial charge < -0.3 is 9.64 Å². The third-order valence-corrected chi connectivity index (χ3v) is 7.73. The number of nitrogens with zero attached hydrogens (tertiary/aromatic N) is 3. The van der Waals surface area contributed by atoms with Crippen molar-refractivity contribution in [2.45, 2.75) is 52.0 Å². The smallest absolute Gasteiger partial charge is 0.358 e. The van der Waals surface area contributed by atoms with Crippen molar-refractivity contribution in [1.82, 2.24) is 9.55 Å². The maximum absolute atomic E-state index is 14.1. The van der Waals surface area contributed by atoms with Gasteiger partial charge in [-0.25, -0.2) is 9.78 Å². The van der Waals surface area contributed by atoms with Crippen molar-refractivity contribution in [2.24, 2.45) is 23.2 Å². The van der Waals surface area contributed by atoms with E-state index in [1.54, 1.807) is 13.1 Å². The van der Waals surface area contributed by atoms with Gasteiger partial charge in [0.15, 0.2) is 5.69 Å². The van der Waals surface area contributed by atoms with Crippen LogP contribution in [-0.4, -0.2) is 28.0 Å². The topological polar surface area (TPSA) is 64.4 Å². The Bertz CT molecular complexity index is 1000. The fraction of sp³-hybridized carbons (Fsp3) is 0.542. The number of para-hydroxylation sites is 2. The van der Waals surface area contributed by atoms with Crippen LogP contribution in [0.4, 0.5) is 5.69 Å². The summed E-state index contributed by atoms with van der Waals surface area (Å²) < 4.78 is 7.07. The third kappa shape index (κ3) is 2.58. The minimum Gasteiger partial charge on any atom is -0.461 e. The number of carbonyl (C=O) groups is 2. The lowest BCUT2D eigenvalue weighted by molar-refractivity contribution is -0.143. The molecule has 5 aliphatic rings. The van der Waals surface area contributed by atoms with E-state index in [4.69, 9.17) is 4.74 Å². The van der Waals surface area contributed by atoms with Crippen LogP contribution in [0.15, 0.2) is 30.5 Å². The molecule has 1 aromatic carbocycles. The highest BCUT2D eigenvalue weighted by Crippen LogP contribution is 2.61. The minimum absolute atomic E-state index is 0.208. The van der Waals surface area contributed by atoms with Crippen LogP contribution in [-0.2, 0) is 16.1 Å². The highest BCUT2D eigenvalue weighted by Gasteiger charge is 2.56. The molecule has 1 aliphatic heterocycles. The lowest BCUT2D eigenvalue weighted by atomic mass is 9.49. The van der Waals surface area contributed by atoms with E-state index in [2.05, 4.69) is 4.98 Å². The van der Waals surface area contributed by atoms with Crippen molar-refractivity contribution in [1.29, 1.82) is 0 Å². The molecule has 6 heteroatoms. The summed E-state index contributed by atoms with van der Waals surface area (Å²) in [5, 5.41) is 0. The number of carbonyl (C=O) groups excluding carboxylic acids is 2. The Morgan fingerprint density at radius 2 is 1.70 bits per heavy atom. The molecule has 0 unspecified atom stereocenters. The average molecular weight is 405 g/mol. The second-order valence-electron chi connectivity index (χ2n) is 9.71. The summed E-state index contributed by atoms with van der Waals surface area (Å²) >= 11 is 0. The monoisotopic (exact) mass is 405 g/mol. The molecule has 156 valence electrons. The van der Waals surface area contributed by atoms with Crippen molar-refractivity contribution in [2.75, 3.05) is 11.5 Å². The van der Waals surface area contributed by atoms with Gasteiger partial charge in [-0.3, -0.25) is 9.36 Å². The second-order valence-corrected chi connectivity index (χ2v) is 9.71. The van der Waals surface area contributed by atoms with Crippen molar-refractivity contribution < 1.29 is 14.3 Å². The molecule has 6 nitrogen and oxygen atoms in total. The largest absolute Gasteiger partial charge is 0.461 e. The lowest BCUT2D eigenvalue weighted by Gasteiger charge is -2.56. The Labute approximate surface area is 176 Å². The van der Waals surface area contributed by atoms with Gasteiger partial charge in [-0.15, -0.1) is 0 Å². The molecule has 4 aliphatic carbocycles. The van der Waals surface area contributed by atoms with E-state index in [-0.39, 0.29) is 11.3 Å². The third-order valence-electron chi connectivity index (χ3n) is 7.73. The summed E-state index contributed by atoms with van der Waals surface area (Å²) in [7, 11) is 0. The van der Waals surface area contributed by atoms with Gasteiger partial charge in [-0.1, -0.05) is 12.1 Å². The quantitative estimate of drug-likeness (QED) is 0.721. The van der Waals surface area contributed by atoms with Gasteiger partial charge in [0.25, 0.3) is 0 Å². The molecule has 4 saturated carbocycles. The zero-order valence-corrected chi connectivity index (χ0v) is 17.3. The molecule has 1 aromatic heterocycles. The van der Waals surface area contributed by atoms with E-state index < -0.39 is 5.97 Å². The Morgan fingerprint density at radius 3 is 2.33 bits per heavy atom. The number of amides is 1. The maximum Gasteiger partial charge on any atom is 0.358 e. The van der Waals surface area contributed by atoms with Crippen LogP contribution in [0.25, 0.3) is 5.69 Å². The van der Waals surface area contributed by atoms with Crippen LogP contribution >= 0.6 is 0 Å². The number of rotatable bonds is 3. The molecule has 2 heterocycles. The van der Waals surface area contributed by atoms with Crippen LogP contribution in [0.5, 0.6) is 0 Å². The number of benzene rings is 1. The van der Waals surface area contributed by atoms with Crippen LogP contribution in [0.2, 0.25) is 0 Å². The lowest BCUT2D eigenvalue weighted by Crippen LogP contribution is -2.55. The van der Waals surface area contributed by atoms with E-state index in [1.165, 1.54) is 19.3 Å². The summed E-state index contributed by atoms with van der Waals surface area (Å²) in [5.74, 6) is 2.72. The van der Waals surface area contributed by atoms with Crippen molar-refractivity contribution in [3.63, 3.8) is 0 Å². The average Bonchev–Trinajstić information content (AvgIpc) is 3.16. The van der Waals surface area contributed by atoms with Crippen molar-refractivity contribution in [3.05, 3.63) is 42.0 Å². The number of imidazole rings is 1. The van der Waals surface area contributed by atoms with Gasteiger partial charge in [0.2, 0.25) is 5.91 Å². The number of fused-ring (bicyclic) bond motifs is 3. The van der Waals surface area contributed by atoms with E-state index in [0.29, 0.717) is 18.8 Å². The molecule has 7 rings (SSSR count). The molecule has 0 N–H and O–H groups in total. The predicted octanol–water partition coefficient (Wildman–Crippen LogP) is 4.11. The van der Waals surface area contributed by atoms with Crippen LogP contribution in [0, 0.1) is 23.2 Å². The van der Waals surface area contributed by atoms with Gasteiger partial charge in [-0.05, 0) is 75.3 Å². The van der Waals surface area contributed by atoms with Gasteiger partial charge in [0, 0.05) is 6.20 Å².